The number of nitrogens with one attached hydrogen (secondary N) is 2. The molecule has 0 spiro atoms. The van der Waals surface area contributed by atoms with E-state index in [1.165, 1.54) is 6.07 Å². The summed E-state index contributed by atoms with van der Waals surface area (Å²) in [6.07, 6.45) is 1.11. The number of fused-ring (bicyclic) bond motifs is 1. The van der Waals surface area contributed by atoms with Crippen molar-refractivity contribution in [2.75, 3.05) is 19.7 Å². The maximum Gasteiger partial charge on any atom is 0.274 e. The second-order valence-electron chi connectivity index (χ2n) is 9.75. The molecule has 4 heterocycles. The maximum absolute atomic E-state index is 14.1. The summed E-state index contributed by atoms with van der Waals surface area (Å²) >= 11 is 0. The number of halogens is 2. The van der Waals surface area contributed by atoms with Crippen LogP contribution in [0.3, 0.4) is 0 Å². The zero-order chi connectivity index (χ0) is 25.3. The maximum atomic E-state index is 14.1. The molecule has 3 aliphatic heterocycles. The zero-order valence-electron chi connectivity index (χ0n) is 19.6. The summed E-state index contributed by atoms with van der Waals surface area (Å²) in [5.74, 6) is -3.52. The van der Waals surface area contributed by atoms with Crippen LogP contribution in [0, 0.1) is 17.6 Å². The van der Waals surface area contributed by atoms with E-state index in [0.29, 0.717) is 44.3 Å². The summed E-state index contributed by atoms with van der Waals surface area (Å²) in [7, 11) is 0. The van der Waals surface area contributed by atoms with E-state index in [0.717, 1.165) is 6.07 Å². The molecule has 1 saturated carbocycles. The summed E-state index contributed by atoms with van der Waals surface area (Å²) in [5.41, 5.74) is -0.910. The molecule has 11 heteroatoms. The molecule has 2 fully saturated rings. The number of rotatable bonds is 5. The lowest BCUT2D eigenvalue weighted by Gasteiger charge is -2.61. The van der Waals surface area contributed by atoms with E-state index in [1.54, 1.807) is 9.47 Å². The number of aromatic nitrogens is 1. The highest BCUT2D eigenvalue weighted by molar-refractivity contribution is 6.01. The summed E-state index contributed by atoms with van der Waals surface area (Å²) in [5, 5.41) is 16.8. The van der Waals surface area contributed by atoms with Crippen molar-refractivity contribution >= 4 is 11.8 Å². The van der Waals surface area contributed by atoms with Crippen molar-refractivity contribution in [3.63, 3.8) is 0 Å². The highest BCUT2D eigenvalue weighted by atomic mass is 19.1. The van der Waals surface area contributed by atoms with Gasteiger partial charge in [-0.05, 0) is 25.5 Å². The van der Waals surface area contributed by atoms with Crippen LogP contribution in [0.2, 0.25) is 0 Å². The van der Waals surface area contributed by atoms with E-state index >= 15 is 0 Å². The largest absolute Gasteiger partial charge is 0.503 e. The lowest BCUT2D eigenvalue weighted by atomic mass is 9.63. The SMILES string of the molecule is CCNC1CC2C3C4[C@@H]2OCCCN4C(=O)c2c(O)c(=O)c(C(=O)NCc4ccc(F)cc4F)c1n23. The molecule has 5 atom stereocenters. The van der Waals surface area contributed by atoms with Gasteiger partial charge in [-0.15, -0.1) is 0 Å². The first-order valence-electron chi connectivity index (χ1n) is 12.2. The quantitative estimate of drug-likeness (QED) is 0.575. The van der Waals surface area contributed by atoms with Crippen molar-refractivity contribution in [3.05, 3.63) is 62.6 Å². The van der Waals surface area contributed by atoms with Gasteiger partial charge in [0.1, 0.15) is 17.2 Å². The number of benzene rings is 1. The number of hydrogen-bond acceptors (Lipinski definition) is 6. The first-order valence-corrected chi connectivity index (χ1v) is 12.2. The third-order valence-electron chi connectivity index (χ3n) is 7.92. The third-order valence-corrected chi connectivity index (χ3v) is 7.92. The number of hydrogen-bond donors (Lipinski definition) is 3. The van der Waals surface area contributed by atoms with E-state index in [9.17, 15) is 28.3 Å². The fourth-order valence-electron chi connectivity index (χ4n) is 6.44. The average Bonchev–Trinajstić information content (AvgIpc) is 3.04. The van der Waals surface area contributed by atoms with Crippen LogP contribution in [0.15, 0.2) is 23.0 Å². The molecule has 1 aromatic heterocycles. The monoisotopic (exact) mass is 500 g/mol. The Morgan fingerprint density at radius 2 is 2.06 bits per heavy atom. The molecular weight excluding hydrogens is 474 g/mol. The van der Waals surface area contributed by atoms with Crippen LogP contribution >= 0.6 is 0 Å². The Morgan fingerprint density at radius 3 is 2.81 bits per heavy atom. The third kappa shape index (κ3) is 3.15. The minimum Gasteiger partial charge on any atom is -0.503 e. The normalized spacial score (nSPS) is 27.7. The van der Waals surface area contributed by atoms with Crippen LogP contribution in [0.4, 0.5) is 8.78 Å². The molecule has 1 aliphatic carbocycles. The molecule has 0 radical (unpaired) electrons. The van der Waals surface area contributed by atoms with Crippen LogP contribution in [0.5, 0.6) is 5.75 Å². The fourth-order valence-corrected chi connectivity index (χ4v) is 6.44. The Morgan fingerprint density at radius 1 is 1.25 bits per heavy atom. The molecule has 36 heavy (non-hydrogen) atoms. The molecule has 2 aromatic rings. The first-order chi connectivity index (χ1) is 17.3. The zero-order valence-corrected chi connectivity index (χ0v) is 19.6. The van der Waals surface area contributed by atoms with Gasteiger partial charge in [0.2, 0.25) is 5.43 Å². The number of aromatic hydroxyl groups is 1. The van der Waals surface area contributed by atoms with Crippen LogP contribution in [-0.2, 0) is 11.3 Å². The van der Waals surface area contributed by atoms with Gasteiger partial charge in [0.25, 0.3) is 11.8 Å². The summed E-state index contributed by atoms with van der Waals surface area (Å²) in [4.78, 5) is 41.9. The van der Waals surface area contributed by atoms with E-state index in [2.05, 4.69) is 10.6 Å². The predicted molar refractivity (Wildman–Crippen MR) is 123 cm³/mol. The fraction of sp³-hybridized carbons (Fsp3) is 0.480. The standard InChI is InChI=1S/C25H26F2N4O5/c1-2-28-15-9-13-17-19-23(13)36-7-3-6-30(19)25(35)20-22(33)21(32)16(18(15)31(17)20)24(34)29-10-11-4-5-12(26)8-14(11)27/h4-5,8,13,15,17,19,23,28,33H,2-3,6-7,9-10H2,1H3,(H,29,34)/t13?,15?,17?,19?,23-/m1/s1. The molecule has 4 unspecified atom stereocenters. The molecule has 1 saturated heterocycles. The molecule has 2 amide bonds. The van der Waals surface area contributed by atoms with Gasteiger partial charge in [0.05, 0.1) is 23.9 Å². The summed E-state index contributed by atoms with van der Waals surface area (Å²) in [6, 6.07) is 2.12. The van der Waals surface area contributed by atoms with Crippen LogP contribution < -0.4 is 16.1 Å². The molecule has 190 valence electrons. The molecule has 6 rings (SSSR count). The van der Waals surface area contributed by atoms with Crippen molar-refractivity contribution in [2.45, 2.75) is 50.5 Å². The summed E-state index contributed by atoms with van der Waals surface area (Å²) in [6.45, 7) is 3.16. The van der Waals surface area contributed by atoms with Crippen molar-refractivity contribution in [1.82, 2.24) is 20.1 Å². The number of ether oxygens (including phenoxy) is 1. The van der Waals surface area contributed by atoms with Crippen molar-refractivity contribution in [2.24, 2.45) is 5.92 Å². The molecule has 4 aliphatic rings. The lowest BCUT2D eigenvalue weighted by molar-refractivity contribution is -0.143. The highest BCUT2D eigenvalue weighted by Crippen LogP contribution is 2.56. The Bertz CT molecular complexity index is 1340. The van der Waals surface area contributed by atoms with Gasteiger partial charge >= 0.3 is 0 Å². The number of nitrogens with zero attached hydrogens (tertiary/aromatic N) is 2. The Labute approximate surface area is 205 Å². The van der Waals surface area contributed by atoms with E-state index in [1.807, 2.05) is 6.92 Å². The predicted octanol–water partition coefficient (Wildman–Crippen LogP) is 1.60. The second-order valence-corrected chi connectivity index (χ2v) is 9.75. The van der Waals surface area contributed by atoms with Gasteiger partial charge < -0.3 is 29.9 Å². The van der Waals surface area contributed by atoms with Crippen molar-refractivity contribution in [3.8, 4) is 5.75 Å². The molecule has 9 nitrogen and oxygen atoms in total. The molecule has 3 N–H and O–H groups in total. The van der Waals surface area contributed by atoms with Crippen LogP contribution in [0.25, 0.3) is 0 Å². The average molecular weight is 501 g/mol. The van der Waals surface area contributed by atoms with Gasteiger partial charge in [-0.25, -0.2) is 8.78 Å². The van der Waals surface area contributed by atoms with Crippen molar-refractivity contribution in [1.29, 1.82) is 0 Å². The summed E-state index contributed by atoms with van der Waals surface area (Å²) < 4.78 is 35.2. The first kappa shape index (κ1) is 23.1. The van der Waals surface area contributed by atoms with Crippen molar-refractivity contribution < 1.29 is 28.2 Å². The molecule has 0 bridgehead atoms. The molecule has 1 aromatic carbocycles. The number of carbonyl (C=O) groups is 2. The van der Waals surface area contributed by atoms with Gasteiger partial charge in [-0.2, -0.15) is 0 Å². The van der Waals surface area contributed by atoms with Gasteiger partial charge in [0, 0.05) is 43.3 Å². The minimum absolute atomic E-state index is 0.0464. The lowest BCUT2D eigenvalue weighted by Crippen LogP contribution is -2.70. The van der Waals surface area contributed by atoms with E-state index in [-0.39, 0.29) is 47.5 Å². The topological polar surface area (TPSA) is 113 Å². The van der Waals surface area contributed by atoms with Gasteiger partial charge in [-0.3, -0.25) is 14.4 Å². The smallest absolute Gasteiger partial charge is 0.274 e. The van der Waals surface area contributed by atoms with Gasteiger partial charge in [-0.1, -0.05) is 13.0 Å². The number of pyridine rings is 1. The highest BCUT2D eigenvalue weighted by Gasteiger charge is 2.63. The minimum atomic E-state index is -0.941. The Balaban J connectivity index is 1.47. The van der Waals surface area contributed by atoms with E-state index in [4.69, 9.17) is 4.74 Å². The second kappa shape index (κ2) is 8.38. The van der Waals surface area contributed by atoms with Crippen LogP contribution in [-0.4, -0.2) is 58.2 Å². The number of carbonyl (C=O) groups excluding carboxylic acids is 2. The van der Waals surface area contributed by atoms with E-state index < -0.39 is 40.7 Å². The Kier molecular flexibility index (Phi) is 5.38. The Hall–Kier alpha value is -3.31. The number of amides is 2. The van der Waals surface area contributed by atoms with Crippen LogP contribution in [0.1, 0.15) is 64.0 Å². The molecular formula is C25H26F2N4O5. The van der Waals surface area contributed by atoms with Gasteiger partial charge in [0.15, 0.2) is 11.4 Å².